The minimum absolute atomic E-state index is 0.0721. The highest BCUT2D eigenvalue weighted by Gasteiger charge is 2.56. The second-order valence-electron chi connectivity index (χ2n) is 4.91. The third-order valence-corrected chi connectivity index (χ3v) is 3.29. The molecule has 122 valence electrons. The van der Waals surface area contributed by atoms with Crippen LogP contribution in [0.4, 0.5) is 4.39 Å². The maximum atomic E-state index is 14.0. The first-order chi connectivity index (χ1) is 10.3. The summed E-state index contributed by atoms with van der Waals surface area (Å²) >= 11 is 0. The van der Waals surface area contributed by atoms with E-state index in [0.717, 1.165) is 4.57 Å². The molecular formula is C13H17FN2O6. The first kappa shape index (κ1) is 16.6. The molecule has 1 aromatic rings. The third-order valence-electron chi connectivity index (χ3n) is 3.29. The first-order valence-electron chi connectivity index (χ1n) is 6.51. The molecule has 2 heterocycles. The van der Waals surface area contributed by atoms with Gasteiger partial charge in [0.25, 0.3) is 5.85 Å². The summed E-state index contributed by atoms with van der Waals surface area (Å²) in [5.74, 6) is -2.78. The molecule has 22 heavy (non-hydrogen) atoms. The van der Waals surface area contributed by atoms with Gasteiger partial charge >= 0.3 is 5.69 Å². The van der Waals surface area contributed by atoms with Crippen molar-refractivity contribution in [1.29, 1.82) is 0 Å². The van der Waals surface area contributed by atoms with E-state index in [-0.39, 0.29) is 12.5 Å². The van der Waals surface area contributed by atoms with E-state index in [1.807, 2.05) is 0 Å². The van der Waals surface area contributed by atoms with Gasteiger partial charge < -0.3 is 24.8 Å². The molecule has 9 heteroatoms. The zero-order valence-electron chi connectivity index (χ0n) is 11.8. The molecule has 2 rings (SSSR count). The lowest BCUT2D eigenvalue weighted by Gasteiger charge is -2.20. The summed E-state index contributed by atoms with van der Waals surface area (Å²) < 4.78 is 24.9. The Labute approximate surface area is 125 Å². The van der Waals surface area contributed by atoms with Gasteiger partial charge in [-0.3, -0.25) is 4.57 Å². The van der Waals surface area contributed by atoms with E-state index in [4.69, 9.17) is 14.6 Å². The molecule has 4 atom stereocenters. The van der Waals surface area contributed by atoms with Crippen molar-refractivity contribution in [2.24, 2.45) is 0 Å². The molecule has 8 nitrogen and oxygen atoms in total. The van der Waals surface area contributed by atoms with Crippen molar-refractivity contribution in [1.82, 2.24) is 9.55 Å². The summed E-state index contributed by atoms with van der Waals surface area (Å²) in [4.78, 5) is 15.6. The summed E-state index contributed by atoms with van der Waals surface area (Å²) in [6.45, 7) is 4.05. The number of aliphatic hydroxyl groups is 3. The van der Waals surface area contributed by atoms with Crippen molar-refractivity contribution in [3.05, 3.63) is 34.9 Å². The standard InChI is InChI=1S/C13H17FN2O6/c1-3-4-21-10-7(2)5-16(12(20)15-10)11-8(18)9(19)13(14,6-17)22-11/h3,5,8-9,11,17-19H,1,4,6H2,2H3/t8-,9+,11-,13-/m1/s1. The number of hydrogen-bond donors (Lipinski definition) is 3. The predicted molar refractivity (Wildman–Crippen MR) is 72.0 cm³/mol. The molecule has 0 spiro atoms. The number of aryl methyl sites for hydroxylation is 1. The predicted octanol–water partition coefficient (Wildman–Crippen LogP) is -0.975. The van der Waals surface area contributed by atoms with E-state index in [1.165, 1.54) is 12.3 Å². The highest BCUT2D eigenvalue weighted by molar-refractivity contribution is 5.21. The van der Waals surface area contributed by atoms with E-state index in [0.29, 0.717) is 5.56 Å². The second-order valence-corrected chi connectivity index (χ2v) is 4.91. The van der Waals surface area contributed by atoms with E-state index in [1.54, 1.807) is 6.92 Å². The van der Waals surface area contributed by atoms with Crippen molar-refractivity contribution >= 4 is 0 Å². The lowest BCUT2D eigenvalue weighted by atomic mass is 10.1. The molecule has 1 aliphatic heterocycles. The maximum absolute atomic E-state index is 14.0. The van der Waals surface area contributed by atoms with Gasteiger partial charge in [-0.2, -0.15) is 4.98 Å². The molecule has 1 saturated heterocycles. The number of ether oxygens (including phenoxy) is 2. The minimum Gasteiger partial charge on any atom is -0.473 e. The molecule has 0 saturated carbocycles. The van der Waals surface area contributed by atoms with Crippen LogP contribution in [-0.4, -0.2) is 56.1 Å². The fraction of sp³-hybridized carbons (Fsp3) is 0.538. The Morgan fingerprint density at radius 2 is 2.32 bits per heavy atom. The summed E-state index contributed by atoms with van der Waals surface area (Å²) in [6, 6.07) is 0. The van der Waals surface area contributed by atoms with Gasteiger partial charge in [0.2, 0.25) is 5.88 Å². The van der Waals surface area contributed by atoms with Crippen molar-refractivity contribution in [3.63, 3.8) is 0 Å². The number of alkyl halides is 1. The van der Waals surface area contributed by atoms with Crippen LogP contribution >= 0.6 is 0 Å². The smallest absolute Gasteiger partial charge is 0.353 e. The van der Waals surface area contributed by atoms with Gasteiger partial charge in [0, 0.05) is 11.8 Å². The van der Waals surface area contributed by atoms with Gasteiger partial charge in [0.15, 0.2) is 6.23 Å². The van der Waals surface area contributed by atoms with E-state index in [9.17, 15) is 19.4 Å². The summed E-state index contributed by atoms with van der Waals surface area (Å²) in [5.41, 5.74) is -0.421. The molecular weight excluding hydrogens is 299 g/mol. The Morgan fingerprint density at radius 3 is 2.86 bits per heavy atom. The summed E-state index contributed by atoms with van der Waals surface area (Å²) in [5, 5.41) is 28.4. The van der Waals surface area contributed by atoms with E-state index in [2.05, 4.69) is 11.6 Å². The van der Waals surface area contributed by atoms with Gasteiger partial charge in [-0.25, -0.2) is 9.18 Å². The van der Waals surface area contributed by atoms with E-state index >= 15 is 0 Å². The third kappa shape index (κ3) is 2.75. The Hall–Kier alpha value is -1.81. The Balaban J connectivity index is 2.36. The lowest BCUT2D eigenvalue weighted by molar-refractivity contribution is -0.207. The van der Waals surface area contributed by atoms with Gasteiger partial charge in [-0.05, 0) is 6.92 Å². The van der Waals surface area contributed by atoms with Crippen LogP contribution in [0.5, 0.6) is 5.88 Å². The molecule has 1 aliphatic rings. The highest BCUT2D eigenvalue weighted by Crippen LogP contribution is 2.37. The molecule has 0 aliphatic carbocycles. The van der Waals surface area contributed by atoms with Crippen LogP contribution in [0, 0.1) is 6.92 Å². The number of aromatic nitrogens is 2. The van der Waals surface area contributed by atoms with Crippen LogP contribution in [0.1, 0.15) is 11.8 Å². The number of hydrogen-bond acceptors (Lipinski definition) is 7. The van der Waals surface area contributed by atoms with Crippen LogP contribution < -0.4 is 10.4 Å². The molecule has 0 unspecified atom stereocenters. The topological polar surface area (TPSA) is 114 Å². The number of nitrogens with zero attached hydrogens (tertiary/aromatic N) is 2. The zero-order chi connectivity index (χ0) is 16.5. The molecule has 1 aromatic heterocycles. The van der Waals surface area contributed by atoms with Crippen LogP contribution in [0.3, 0.4) is 0 Å². The number of aliphatic hydroxyl groups excluding tert-OH is 3. The first-order valence-corrected chi connectivity index (χ1v) is 6.51. The quantitative estimate of drug-likeness (QED) is 0.599. The monoisotopic (exact) mass is 316 g/mol. The van der Waals surface area contributed by atoms with Crippen LogP contribution in [0.15, 0.2) is 23.6 Å². The molecule has 0 radical (unpaired) electrons. The maximum Gasteiger partial charge on any atom is 0.353 e. The number of rotatable bonds is 5. The minimum atomic E-state index is -2.85. The Morgan fingerprint density at radius 1 is 1.64 bits per heavy atom. The summed E-state index contributed by atoms with van der Waals surface area (Å²) in [6.07, 6.45) is -2.51. The van der Waals surface area contributed by atoms with Gasteiger partial charge in [0.1, 0.15) is 25.4 Å². The largest absolute Gasteiger partial charge is 0.473 e. The van der Waals surface area contributed by atoms with Crippen LogP contribution in [-0.2, 0) is 4.74 Å². The van der Waals surface area contributed by atoms with Crippen molar-refractivity contribution in [3.8, 4) is 5.88 Å². The molecule has 3 N–H and O–H groups in total. The van der Waals surface area contributed by atoms with Gasteiger partial charge in [-0.15, -0.1) is 0 Å². The fourth-order valence-corrected chi connectivity index (χ4v) is 2.12. The fourth-order valence-electron chi connectivity index (χ4n) is 2.12. The molecule has 0 aromatic carbocycles. The highest BCUT2D eigenvalue weighted by atomic mass is 19.2. The van der Waals surface area contributed by atoms with Crippen molar-refractivity contribution < 1.29 is 29.2 Å². The molecule has 0 bridgehead atoms. The Bertz CT molecular complexity index is 621. The number of halogens is 1. The van der Waals surface area contributed by atoms with Crippen LogP contribution in [0.2, 0.25) is 0 Å². The van der Waals surface area contributed by atoms with Crippen molar-refractivity contribution in [2.45, 2.75) is 31.2 Å². The van der Waals surface area contributed by atoms with Gasteiger partial charge in [-0.1, -0.05) is 12.7 Å². The summed E-state index contributed by atoms with van der Waals surface area (Å²) in [7, 11) is 0. The second kappa shape index (κ2) is 6.13. The lowest BCUT2D eigenvalue weighted by Crippen LogP contribution is -2.42. The normalized spacial score (nSPS) is 31.2. The average Bonchev–Trinajstić information content (AvgIpc) is 2.73. The molecule has 0 amide bonds. The molecule has 1 fully saturated rings. The zero-order valence-corrected chi connectivity index (χ0v) is 11.8. The van der Waals surface area contributed by atoms with Crippen LogP contribution in [0.25, 0.3) is 0 Å². The average molecular weight is 316 g/mol. The van der Waals surface area contributed by atoms with Gasteiger partial charge in [0.05, 0.1) is 0 Å². The Kier molecular flexibility index (Phi) is 4.61. The van der Waals surface area contributed by atoms with E-state index < -0.39 is 36.6 Å². The van der Waals surface area contributed by atoms with Crippen molar-refractivity contribution in [2.75, 3.05) is 13.2 Å². The SMILES string of the molecule is C=CCOc1nc(=O)n([C@@H]2O[C@](F)(CO)[C@@H](O)[C@H]2O)cc1C.